The smallest absolute Gasteiger partial charge is 0.239 e. The van der Waals surface area contributed by atoms with Crippen LogP contribution in [0.5, 0.6) is 5.75 Å². The topological polar surface area (TPSA) is 81.7 Å². The maximum atomic E-state index is 13.1. The highest BCUT2D eigenvalue weighted by Gasteiger charge is 2.15. The molecule has 172 valence electrons. The number of carbonyl (C=O) groups excluding carboxylic acids is 2. The second-order valence-electron chi connectivity index (χ2n) is 7.79. The van der Waals surface area contributed by atoms with Gasteiger partial charge in [0.15, 0.2) is 0 Å². The quantitative estimate of drug-likeness (QED) is 0.442. The fourth-order valence-electron chi connectivity index (χ4n) is 3.41. The van der Waals surface area contributed by atoms with E-state index >= 15 is 0 Å². The fraction of sp³-hybridized carbons (Fsp3) is 0.231. The minimum Gasteiger partial charge on any atom is -0.508 e. The van der Waals surface area contributed by atoms with Crippen molar-refractivity contribution in [1.82, 2.24) is 10.6 Å². The maximum Gasteiger partial charge on any atom is 0.239 e. The van der Waals surface area contributed by atoms with Crippen molar-refractivity contribution >= 4 is 17.5 Å². The number of amides is 2. The zero-order valence-electron chi connectivity index (χ0n) is 18.5. The van der Waals surface area contributed by atoms with Crippen LogP contribution in [0.25, 0.3) is 0 Å². The van der Waals surface area contributed by atoms with Crippen LogP contribution in [0, 0.1) is 5.82 Å². The molecule has 0 fully saturated rings. The minimum absolute atomic E-state index is 0.0679. The predicted octanol–water partition coefficient (Wildman–Crippen LogP) is 3.57. The van der Waals surface area contributed by atoms with Crippen LogP contribution >= 0.6 is 0 Å². The van der Waals surface area contributed by atoms with Crippen LogP contribution in [0.4, 0.5) is 10.1 Å². The zero-order chi connectivity index (χ0) is 23.6. The molecule has 3 aromatic rings. The van der Waals surface area contributed by atoms with Gasteiger partial charge in [0, 0.05) is 12.2 Å². The fourth-order valence-corrected chi connectivity index (χ4v) is 3.41. The first kappa shape index (κ1) is 23.8. The number of hydrogen-bond donors (Lipinski definition) is 3. The number of aromatic hydroxyl groups is 1. The van der Waals surface area contributed by atoms with Gasteiger partial charge >= 0.3 is 0 Å². The van der Waals surface area contributed by atoms with Gasteiger partial charge in [-0.25, -0.2) is 4.39 Å². The third kappa shape index (κ3) is 7.64. The first-order valence-corrected chi connectivity index (χ1v) is 10.8. The van der Waals surface area contributed by atoms with Crippen LogP contribution in [0.15, 0.2) is 78.9 Å². The molecule has 0 aliphatic heterocycles. The van der Waals surface area contributed by atoms with Gasteiger partial charge in [-0.05, 0) is 60.9 Å². The van der Waals surface area contributed by atoms with E-state index in [2.05, 4.69) is 10.6 Å². The van der Waals surface area contributed by atoms with Crippen LogP contribution in [0.1, 0.15) is 24.1 Å². The summed E-state index contributed by atoms with van der Waals surface area (Å²) >= 11 is 0. The summed E-state index contributed by atoms with van der Waals surface area (Å²) in [4.78, 5) is 26.7. The van der Waals surface area contributed by atoms with E-state index in [4.69, 9.17) is 0 Å². The van der Waals surface area contributed by atoms with Crippen LogP contribution < -0.4 is 15.5 Å². The van der Waals surface area contributed by atoms with Gasteiger partial charge < -0.3 is 20.6 Å². The molecule has 0 spiro atoms. The average Bonchev–Trinajstić information content (AvgIpc) is 2.82. The Bertz CT molecular complexity index is 1040. The van der Waals surface area contributed by atoms with Crippen molar-refractivity contribution in [3.63, 3.8) is 0 Å². The molecule has 1 atom stereocenters. The van der Waals surface area contributed by atoms with Gasteiger partial charge in [-0.3, -0.25) is 9.59 Å². The number of phenolic OH excluding ortho intramolecular Hbond substituents is 1. The Hall–Kier alpha value is -3.87. The first-order chi connectivity index (χ1) is 15.9. The largest absolute Gasteiger partial charge is 0.508 e. The van der Waals surface area contributed by atoms with Gasteiger partial charge in [0.25, 0.3) is 0 Å². The highest BCUT2D eigenvalue weighted by atomic mass is 19.1. The van der Waals surface area contributed by atoms with Gasteiger partial charge in [-0.2, -0.15) is 0 Å². The molecule has 2 amide bonds. The number of hydrogen-bond acceptors (Lipinski definition) is 4. The third-order valence-electron chi connectivity index (χ3n) is 5.26. The number of anilines is 1. The molecule has 3 rings (SSSR count). The summed E-state index contributed by atoms with van der Waals surface area (Å²) in [5.74, 6) is -0.811. The van der Waals surface area contributed by atoms with E-state index in [1.165, 1.54) is 12.1 Å². The average molecular weight is 450 g/mol. The Morgan fingerprint density at radius 1 is 0.939 bits per heavy atom. The Kier molecular flexibility index (Phi) is 8.41. The number of carbonyl (C=O) groups is 2. The summed E-state index contributed by atoms with van der Waals surface area (Å²) in [7, 11) is 0. The Balaban J connectivity index is 1.54. The van der Waals surface area contributed by atoms with Crippen LogP contribution in [-0.2, 0) is 16.0 Å². The number of nitrogens with zero attached hydrogens (tertiary/aromatic N) is 1. The molecule has 0 saturated carbocycles. The van der Waals surface area contributed by atoms with Crippen molar-refractivity contribution in [3.8, 4) is 5.75 Å². The van der Waals surface area contributed by atoms with Crippen molar-refractivity contribution in [2.45, 2.75) is 19.4 Å². The number of benzene rings is 3. The lowest BCUT2D eigenvalue weighted by atomic mass is 10.1. The highest BCUT2D eigenvalue weighted by Crippen LogP contribution is 2.19. The molecule has 0 radical (unpaired) electrons. The van der Waals surface area contributed by atoms with Crippen LogP contribution in [-0.4, -0.2) is 36.6 Å². The summed E-state index contributed by atoms with van der Waals surface area (Å²) < 4.78 is 13.1. The molecule has 0 aromatic heterocycles. The van der Waals surface area contributed by atoms with Gasteiger partial charge in [-0.1, -0.05) is 42.5 Å². The second-order valence-corrected chi connectivity index (χ2v) is 7.79. The molecular formula is C26H28FN3O3. The van der Waals surface area contributed by atoms with E-state index in [0.717, 1.165) is 23.2 Å². The molecule has 33 heavy (non-hydrogen) atoms. The monoisotopic (exact) mass is 449 g/mol. The molecule has 0 unspecified atom stereocenters. The van der Waals surface area contributed by atoms with Gasteiger partial charge in [0.1, 0.15) is 11.6 Å². The summed E-state index contributed by atoms with van der Waals surface area (Å²) in [6.07, 6.45) is 0.741. The van der Waals surface area contributed by atoms with E-state index in [9.17, 15) is 19.1 Å². The molecule has 0 heterocycles. The van der Waals surface area contributed by atoms with Crippen molar-refractivity contribution < 1.29 is 19.1 Å². The maximum absolute atomic E-state index is 13.1. The lowest BCUT2D eigenvalue weighted by molar-refractivity contribution is -0.125. The molecule has 3 N–H and O–H groups in total. The van der Waals surface area contributed by atoms with E-state index in [0.29, 0.717) is 6.54 Å². The lowest BCUT2D eigenvalue weighted by Crippen LogP contribution is -2.43. The summed E-state index contributed by atoms with van der Waals surface area (Å²) in [6.45, 7) is 2.30. The molecule has 3 aromatic carbocycles. The molecule has 7 heteroatoms. The van der Waals surface area contributed by atoms with Crippen molar-refractivity contribution in [2.75, 3.05) is 24.5 Å². The zero-order valence-corrected chi connectivity index (χ0v) is 18.5. The van der Waals surface area contributed by atoms with E-state index in [1.54, 1.807) is 43.3 Å². The number of phenols is 1. The second kappa shape index (κ2) is 11.7. The van der Waals surface area contributed by atoms with Crippen molar-refractivity contribution in [3.05, 3.63) is 95.8 Å². The Morgan fingerprint density at radius 2 is 1.61 bits per heavy atom. The summed E-state index contributed by atoms with van der Waals surface area (Å²) in [6, 6.07) is 22.2. The molecule has 0 aliphatic rings. The number of nitrogens with one attached hydrogen (secondary N) is 2. The normalized spacial score (nSPS) is 11.5. The molecular weight excluding hydrogens is 421 g/mol. The summed E-state index contributed by atoms with van der Waals surface area (Å²) in [5.41, 5.74) is 2.72. The van der Waals surface area contributed by atoms with E-state index in [1.807, 2.05) is 35.2 Å². The van der Waals surface area contributed by atoms with Crippen LogP contribution in [0.3, 0.4) is 0 Å². The van der Waals surface area contributed by atoms with Crippen molar-refractivity contribution in [1.29, 1.82) is 0 Å². The highest BCUT2D eigenvalue weighted by molar-refractivity contribution is 5.87. The number of rotatable bonds is 10. The number of halogens is 1. The van der Waals surface area contributed by atoms with E-state index in [-0.39, 0.29) is 42.5 Å². The molecule has 0 aliphatic carbocycles. The predicted molar refractivity (Wildman–Crippen MR) is 126 cm³/mol. The Morgan fingerprint density at radius 3 is 2.27 bits per heavy atom. The van der Waals surface area contributed by atoms with E-state index < -0.39 is 0 Å². The van der Waals surface area contributed by atoms with Gasteiger partial charge in [0.05, 0.1) is 19.1 Å². The summed E-state index contributed by atoms with van der Waals surface area (Å²) in [5, 5.41) is 15.0. The third-order valence-corrected chi connectivity index (χ3v) is 5.26. The van der Waals surface area contributed by atoms with Crippen LogP contribution in [0.2, 0.25) is 0 Å². The minimum atomic E-state index is -0.338. The molecule has 0 saturated heterocycles. The Labute approximate surface area is 193 Å². The SMILES string of the molecule is C[C@@H](NC(=O)CNC(=O)CN(CCc1ccccc1)c1ccc(O)cc1)c1ccc(F)cc1. The first-order valence-electron chi connectivity index (χ1n) is 10.8. The molecule has 6 nitrogen and oxygen atoms in total. The molecule has 0 bridgehead atoms. The standard InChI is InChI=1S/C26H28FN3O3/c1-19(21-7-9-22(27)10-8-21)29-25(32)17-28-26(33)18-30(23-11-13-24(31)14-12-23)16-15-20-5-3-2-4-6-20/h2-14,19,31H,15-18H2,1H3,(H,28,33)(H,29,32)/t19-/m1/s1. The van der Waals surface area contributed by atoms with Gasteiger partial charge in [-0.15, -0.1) is 0 Å². The lowest BCUT2D eigenvalue weighted by Gasteiger charge is -2.24. The van der Waals surface area contributed by atoms with Gasteiger partial charge in [0.2, 0.25) is 11.8 Å². The van der Waals surface area contributed by atoms with Crippen molar-refractivity contribution in [2.24, 2.45) is 0 Å².